The summed E-state index contributed by atoms with van der Waals surface area (Å²) < 4.78 is 5.55. The zero-order valence-electron chi connectivity index (χ0n) is 18.2. The summed E-state index contributed by atoms with van der Waals surface area (Å²) in [5.74, 6) is 0. The van der Waals surface area contributed by atoms with Gasteiger partial charge in [-0.3, -0.25) is 4.29 Å². The average molecular weight is 508 g/mol. The molecule has 0 saturated carbocycles. The summed E-state index contributed by atoms with van der Waals surface area (Å²) in [6.45, 7) is 3.48. The van der Waals surface area contributed by atoms with Crippen LogP contribution in [0, 0.1) is 0 Å². The van der Waals surface area contributed by atoms with Crippen molar-refractivity contribution in [2.75, 3.05) is 13.4 Å². The minimum absolute atomic E-state index is 0.603. The minimum Gasteiger partial charge on any atom is -0.384 e. The van der Waals surface area contributed by atoms with Crippen LogP contribution in [-0.4, -0.2) is 28.3 Å². The van der Waals surface area contributed by atoms with Gasteiger partial charge < -0.3 is 5.11 Å². The molecule has 4 aromatic rings. The first-order chi connectivity index (χ1) is 15.3. The molecular formula is C24H24Cl2N2O2S2. The standard InChI is InChI=1S/C23H21ClN2OS2.CH3ClO/c1-23(2,27)22-14-19(26(25-22)18-10-5-4-9-17(18)24)21-12-11-20(29-21)15-7-6-8-16(13-15)28-3;1-3-2/h4-14,27H,1-3H3;1H3. The molecule has 168 valence electrons. The summed E-state index contributed by atoms with van der Waals surface area (Å²) in [7, 11) is 1.39. The van der Waals surface area contributed by atoms with E-state index < -0.39 is 5.60 Å². The minimum atomic E-state index is -1.05. The molecule has 2 aromatic heterocycles. The first-order valence-electron chi connectivity index (χ1n) is 9.75. The van der Waals surface area contributed by atoms with Crippen molar-refractivity contribution >= 4 is 46.6 Å². The average Bonchev–Trinajstić information content (AvgIpc) is 3.42. The Hall–Kier alpha value is -1.80. The summed E-state index contributed by atoms with van der Waals surface area (Å²) >= 11 is 14.4. The van der Waals surface area contributed by atoms with E-state index in [0.29, 0.717) is 10.7 Å². The van der Waals surface area contributed by atoms with Crippen molar-refractivity contribution in [2.45, 2.75) is 24.3 Å². The summed E-state index contributed by atoms with van der Waals surface area (Å²) in [6, 6.07) is 22.3. The quantitative estimate of drug-likeness (QED) is 0.282. The number of aromatic nitrogens is 2. The molecular weight excluding hydrogens is 483 g/mol. The van der Waals surface area contributed by atoms with Crippen molar-refractivity contribution in [3.8, 4) is 26.7 Å². The van der Waals surface area contributed by atoms with Gasteiger partial charge in [-0.1, -0.05) is 35.9 Å². The fourth-order valence-electron chi connectivity index (χ4n) is 3.07. The molecule has 0 atom stereocenters. The highest BCUT2D eigenvalue weighted by atomic mass is 35.5. The van der Waals surface area contributed by atoms with E-state index in [4.69, 9.17) is 11.6 Å². The first-order valence-corrected chi connectivity index (χ1v) is 12.5. The zero-order chi connectivity index (χ0) is 23.3. The lowest BCUT2D eigenvalue weighted by Crippen LogP contribution is -2.16. The van der Waals surface area contributed by atoms with Crippen LogP contribution in [0.3, 0.4) is 0 Å². The number of hydrogen-bond donors (Lipinski definition) is 1. The highest BCUT2D eigenvalue weighted by Gasteiger charge is 2.24. The fraction of sp³-hybridized carbons (Fsp3) is 0.208. The molecule has 2 heterocycles. The Bertz CT molecular complexity index is 1180. The van der Waals surface area contributed by atoms with Gasteiger partial charge in [0.05, 0.1) is 46.0 Å². The van der Waals surface area contributed by atoms with Crippen molar-refractivity contribution in [1.29, 1.82) is 0 Å². The normalized spacial score (nSPS) is 11.2. The lowest BCUT2D eigenvalue weighted by molar-refractivity contribution is 0.0734. The number of rotatable bonds is 5. The lowest BCUT2D eigenvalue weighted by atomic mass is 10.1. The van der Waals surface area contributed by atoms with Gasteiger partial charge in [-0.15, -0.1) is 23.1 Å². The molecule has 0 spiro atoms. The molecule has 0 aliphatic rings. The van der Waals surface area contributed by atoms with E-state index in [-0.39, 0.29) is 0 Å². The van der Waals surface area contributed by atoms with Gasteiger partial charge in [-0.2, -0.15) is 5.10 Å². The third-order valence-electron chi connectivity index (χ3n) is 4.63. The Morgan fingerprint density at radius 1 is 1.03 bits per heavy atom. The predicted molar refractivity (Wildman–Crippen MR) is 137 cm³/mol. The van der Waals surface area contributed by atoms with E-state index in [0.717, 1.165) is 16.3 Å². The summed E-state index contributed by atoms with van der Waals surface area (Å²) in [5.41, 5.74) is 2.45. The number of halogens is 2. The van der Waals surface area contributed by atoms with Gasteiger partial charge in [0.2, 0.25) is 0 Å². The van der Waals surface area contributed by atoms with E-state index in [1.54, 1.807) is 36.9 Å². The molecule has 8 heteroatoms. The van der Waals surface area contributed by atoms with Crippen LogP contribution in [0.1, 0.15) is 19.5 Å². The van der Waals surface area contributed by atoms with Gasteiger partial charge >= 0.3 is 0 Å². The fourth-order valence-corrected chi connectivity index (χ4v) is 4.75. The van der Waals surface area contributed by atoms with Gasteiger partial charge in [-0.25, -0.2) is 4.68 Å². The second-order valence-corrected chi connectivity index (χ2v) is 10.1. The topological polar surface area (TPSA) is 47.3 Å². The predicted octanol–water partition coefficient (Wildman–Crippen LogP) is 7.66. The van der Waals surface area contributed by atoms with Crippen LogP contribution in [0.15, 0.2) is 71.6 Å². The molecule has 0 amide bonds. The van der Waals surface area contributed by atoms with Crippen molar-refractivity contribution in [3.63, 3.8) is 0 Å². The summed E-state index contributed by atoms with van der Waals surface area (Å²) in [4.78, 5) is 3.49. The van der Waals surface area contributed by atoms with Crippen LogP contribution < -0.4 is 0 Å². The molecule has 1 N–H and O–H groups in total. The first kappa shape index (κ1) is 24.8. The number of aliphatic hydroxyl groups is 1. The Balaban J connectivity index is 0.000000913. The highest BCUT2D eigenvalue weighted by Crippen LogP contribution is 2.38. The maximum absolute atomic E-state index is 10.5. The van der Waals surface area contributed by atoms with Crippen molar-refractivity contribution in [2.24, 2.45) is 0 Å². The maximum Gasteiger partial charge on any atom is 0.103 e. The van der Waals surface area contributed by atoms with Crippen molar-refractivity contribution < 1.29 is 9.40 Å². The van der Waals surface area contributed by atoms with E-state index in [2.05, 4.69) is 63.9 Å². The van der Waals surface area contributed by atoms with E-state index in [1.807, 2.05) is 35.0 Å². The van der Waals surface area contributed by atoms with Crippen molar-refractivity contribution in [1.82, 2.24) is 9.78 Å². The molecule has 0 aliphatic heterocycles. The van der Waals surface area contributed by atoms with Crippen LogP contribution in [0.2, 0.25) is 5.02 Å². The number of thioether (sulfide) groups is 1. The number of para-hydroxylation sites is 1. The Morgan fingerprint density at radius 2 is 1.72 bits per heavy atom. The van der Waals surface area contributed by atoms with Crippen LogP contribution in [-0.2, 0) is 9.89 Å². The summed E-state index contributed by atoms with van der Waals surface area (Å²) in [5, 5.41) is 15.8. The molecule has 0 radical (unpaired) electrons. The van der Waals surface area contributed by atoms with Crippen LogP contribution in [0.25, 0.3) is 26.7 Å². The van der Waals surface area contributed by atoms with E-state index in [9.17, 15) is 5.11 Å². The SMILES string of the molecule is COCl.CSc1cccc(-c2ccc(-c3cc(C(C)(C)O)nn3-c3ccccc3Cl)s2)c1. The number of benzene rings is 2. The molecule has 0 saturated heterocycles. The molecule has 0 bridgehead atoms. The maximum atomic E-state index is 10.5. The van der Waals surface area contributed by atoms with Gasteiger partial charge in [-0.05, 0) is 68.1 Å². The lowest BCUT2D eigenvalue weighted by Gasteiger charge is -2.13. The zero-order valence-corrected chi connectivity index (χ0v) is 21.3. The van der Waals surface area contributed by atoms with Crippen molar-refractivity contribution in [3.05, 3.63) is 77.4 Å². The van der Waals surface area contributed by atoms with Gasteiger partial charge in [0.1, 0.15) is 5.60 Å². The highest BCUT2D eigenvalue weighted by molar-refractivity contribution is 7.98. The molecule has 2 aromatic carbocycles. The second kappa shape index (κ2) is 10.9. The molecule has 4 rings (SSSR count). The third-order valence-corrected chi connectivity index (χ3v) is 6.83. The Morgan fingerprint density at radius 3 is 2.38 bits per heavy atom. The molecule has 4 nitrogen and oxygen atoms in total. The number of hydrogen-bond acceptors (Lipinski definition) is 5. The van der Waals surface area contributed by atoms with Crippen LogP contribution in [0.4, 0.5) is 0 Å². The Labute approximate surface area is 206 Å². The Kier molecular flexibility index (Phi) is 8.44. The third kappa shape index (κ3) is 5.76. The smallest absolute Gasteiger partial charge is 0.103 e. The number of nitrogens with zero attached hydrogens (tertiary/aromatic N) is 2. The molecule has 0 unspecified atom stereocenters. The molecule has 0 fully saturated rings. The largest absolute Gasteiger partial charge is 0.384 e. The van der Waals surface area contributed by atoms with Gasteiger partial charge in [0, 0.05) is 9.77 Å². The van der Waals surface area contributed by atoms with E-state index >= 15 is 0 Å². The molecule has 0 aliphatic carbocycles. The monoisotopic (exact) mass is 506 g/mol. The van der Waals surface area contributed by atoms with Gasteiger partial charge in [0.15, 0.2) is 0 Å². The molecule has 32 heavy (non-hydrogen) atoms. The van der Waals surface area contributed by atoms with Crippen LogP contribution in [0.5, 0.6) is 0 Å². The van der Waals surface area contributed by atoms with Gasteiger partial charge in [0.25, 0.3) is 0 Å². The number of thiophene rings is 1. The second-order valence-electron chi connectivity index (χ2n) is 7.39. The van der Waals surface area contributed by atoms with Crippen LogP contribution >= 0.6 is 46.6 Å². The van der Waals surface area contributed by atoms with E-state index in [1.165, 1.54) is 22.4 Å². The summed E-state index contributed by atoms with van der Waals surface area (Å²) in [6.07, 6.45) is 2.08.